The van der Waals surface area contributed by atoms with Crippen molar-refractivity contribution in [2.45, 2.75) is 6.92 Å². The summed E-state index contributed by atoms with van der Waals surface area (Å²) >= 11 is 0. The molecule has 0 aliphatic rings. The van der Waals surface area contributed by atoms with Crippen LogP contribution in [0.3, 0.4) is 0 Å². The SMILES string of the molecule is CCN(C)c1noc(-c2ccc(O)cc2F)n1. The van der Waals surface area contributed by atoms with Gasteiger partial charge in [0.1, 0.15) is 11.6 Å². The Kier molecular flexibility index (Phi) is 2.95. The lowest BCUT2D eigenvalue weighted by Crippen LogP contribution is -2.16. The van der Waals surface area contributed by atoms with Crippen LogP contribution < -0.4 is 4.90 Å². The van der Waals surface area contributed by atoms with E-state index >= 15 is 0 Å². The molecule has 1 aromatic carbocycles. The molecule has 0 amide bonds. The number of nitrogens with zero attached hydrogens (tertiary/aromatic N) is 3. The number of phenols is 1. The summed E-state index contributed by atoms with van der Waals surface area (Å²) in [5, 5.41) is 12.8. The van der Waals surface area contributed by atoms with Gasteiger partial charge >= 0.3 is 0 Å². The summed E-state index contributed by atoms with van der Waals surface area (Å²) in [6.07, 6.45) is 0. The van der Waals surface area contributed by atoms with E-state index in [2.05, 4.69) is 10.1 Å². The summed E-state index contributed by atoms with van der Waals surface area (Å²) in [5.74, 6) is -0.246. The highest BCUT2D eigenvalue weighted by Crippen LogP contribution is 2.25. The Hall–Kier alpha value is -2.11. The quantitative estimate of drug-likeness (QED) is 0.885. The van der Waals surface area contributed by atoms with Gasteiger partial charge in [-0.25, -0.2) is 4.39 Å². The van der Waals surface area contributed by atoms with Gasteiger partial charge in [0.15, 0.2) is 0 Å². The molecule has 2 rings (SSSR count). The van der Waals surface area contributed by atoms with Crippen LogP contribution in [0.1, 0.15) is 6.92 Å². The summed E-state index contributed by atoms with van der Waals surface area (Å²) < 4.78 is 18.5. The largest absolute Gasteiger partial charge is 0.508 e. The first-order chi connectivity index (χ1) is 8.11. The summed E-state index contributed by atoms with van der Waals surface area (Å²) in [6, 6.07) is 3.77. The van der Waals surface area contributed by atoms with E-state index in [1.807, 2.05) is 14.0 Å². The van der Waals surface area contributed by atoms with Crippen LogP contribution in [0, 0.1) is 5.82 Å². The van der Waals surface area contributed by atoms with E-state index in [9.17, 15) is 4.39 Å². The third kappa shape index (κ3) is 2.20. The van der Waals surface area contributed by atoms with Crippen LogP contribution >= 0.6 is 0 Å². The van der Waals surface area contributed by atoms with Crippen LogP contribution in [0.25, 0.3) is 11.5 Å². The molecule has 0 spiro atoms. The molecule has 0 saturated carbocycles. The Labute approximate surface area is 97.5 Å². The van der Waals surface area contributed by atoms with Crippen molar-refractivity contribution in [3.05, 3.63) is 24.0 Å². The third-order valence-corrected chi connectivity index (χ3v) is 2.41. The van der Waals surface area contributed by atoms with Crippen LogP contribution in [-0.2, 0) is 0 Å². The Morgan fingerprint density at radius 1 is 1.47 bits per heavy atom. The molecule has 0 fully saturated rings. The van der Waals surface area contributed by atoms with Gasteiger partial charge in [-0.05, 0) is 24.2 Å². The number of halogens is 1. The van der Waals surface area contributed by atoms with Gasteiger partial charge in [-0.1, -0.05) is 0 Å². The molecule has 0 bridgehead atoms. The predicted octanol–water partition coefficient (Wildman–Crippen LogP) is 2.04. The Morgan fingerprint density at radius 2 is 2.24 bits per heavy atom. The van der Waals surface area contributed by atoms with E-state index in [1.165, 1.54) is 12.1 Å². The van der Waals surface area contributed by atoms with Crippen molar-refractivity contribution in [2.24, 2.45) is 0 Å². The minimum absolute atomic E-state index is 0.0952. The normalized spacial score (nSPS) is 10.5. The van der Waals surface area contributed by atoms with Crippen LogP contribution in [0.15, 0.2) is 22.7 Å². The molecule has 0 radical (unpaired) electrons. The molecular weight excluding hydrogens is 225 g/mol. The first-order valence-corrected chi connectivity index (χ1v) is 5.15. The van der Waals surface area contributed by atoms with Crippen molar-refractivity contribution in [3.8, 4) is 17.2 Å². The highest BCUT2D eigenvalue weighted by molar-refractivity contribution is 5.56. The third-order valence-electron chi connectivity index (χ3n) is 2.41. The first-order valence-electron chi connectivity index (χ1n) is 5.15. The maximum absolute atomic E-state index is 13.5. The molecule has 1 heterocycles. The van der Waals surface area contributed by atoms with Crippen molar-refractivity contribution in [3.63, 3.8) is 0 Å². The second kappa shape index (κ2) is 4.40. The summed E-state index contributed by atoms with van der Waals surface area (Å²) in [6.45, 7) is 2.66. The van der Waals surface area contributed by atoms with Crippen molar-refractivity contribution in [2.75, 3.05) is 18.5 Å². The number of anilines is 1. The average molecular weight is 237 g/mol. The zero-order valence-electron chi connectivity index (χ0n) is 9.51. The second-order valence-corrected chi connectivity index (χ2v) is 3.58. The van der Waals surface area contributed by atoms with Gasteiger partial charge in [-0.3, -0.25) is 0 Å². The molecule has 17 heavy (non-hydrogen) atoms. The fraction of sp³-hybridized carbons (Fsp3) is 0.273. The fourth-order valence-electron chi connectivity index (χ4n) is 1.30. The molecule has 2 aromatic rings. The summed E-state index contributed by atoms with van der Waals surface area (Å²) in [4.78, 5) is 5.84. The highest BCUT2D eigenvalue weighted by atomic mass is 19.1. The van der Waals surface area contributed by atoms with Gasteiger partial charge in [0, 0.05) is 19.7 Å². The number of aromatic hydroxyl groups is 1. The number of benzene rings is 1. The Bertz CT molecular complexity index is 527. The zero-order chi connectivity index (χ0) is 12.4. The van der Waals surface area contributed by atoms with E-state index < -0.39 is 5.82 Å². The van der Waals surface area contributed by atoms with Gasteiger partial charge in [-0.2, -0.15) is 4.98 Å². The van der Waals surface area contributed by atoms with Crippen molar-refractivity contribution in [1.29, 1.82) is 0 Å². The Morgan fingerprint density at radius 3 is 2.88 bits per heavy atom. The Balaban J connectivity index is 2.37. The first kappa shape index (κ1) is 11.4. The van der Waals surface area contributed by atoms with E-state index in [4.69, 9.17) is 9.63 Å². The van der Waals surface area contributed by atoms with Gasteiger partial charge in [0.05, 0.1) is 5.56 Å². The maximum atomic E-state index is 13.5. The molecule has 6 heteroatoms. The molecule has 0 unspecified atom stereocenters. The number of rotatable bonds is 3. The molecule has 0 aliphatic heterocycles. The van der Waals surface area contributed by atoms with Crippen LogP contribution in [0.4, 0.5) is 10.3 Å². The molecule has 90 valence electrons. The lowest BCUT2D eigenvalue weighted by atomic mass is 10.2. The van der Waals surface area contributed by atoms with Crippen LogP contribution in [0.5, 0.6) is 5.75 Å². The molecule has 0 atom stereocenters. The van der Waals surface area contributed by atoms with E-state index in [0.29, 0.717) is 5.95 Å². The van der Waals surface area contributed by atoms with Gasteiger partial charge < -0.3 is 14.5 Å². The number of phenolic OH excluding ortho intramolecular Hbond substituents is 1. The minimum Gasteiger partial charge on any atom is -0.508 e. The van der Waals surface area contributed by atoms with Gasteiger partial charge in [0.25, 0.3) is 11.8 Å². The molecule has 1 N–H and O–H groups in total. The van der Waals surface area contributed by atoms with Crippen LogP contribution in [0.2, 0.25) is 0 Å². The predicted molar refractivity (Wildman–Crippen MR) is 60.3 cm³/mol. The number of aromatic nitrogens is 2. The minimum atomic E-state index is -0.598. The standard InChI is InChI=1S/C11H12FN3O2/c1-3-15(2)11-13-10(17-14-11)8-5-4-7(16)6-9(8)12/h4-6,16H,3H2,1-2H3. The topological polar surface area (TPSA) is 62.4 Å². The van der Waals surface area contributed by atoms with E-state index in [1.54, 1.807) is 4.90 Å². The molecule has 0 aliphatic carbocycles. The molecule has 0 saturated heterocycles. The van der Waals surface area contributed by atoms with E-state index in [-0.39, 0.29) is 17.2 Å². The lowest BCUT2D eigenvalue weighted by molar-refractivity contribution is 0.427. The molecular formula is C11H12FN3O2. The average Bonchev–Trinajstić information content (AvgIpc) is 2.77. The van der Waals surface area contributed by atoms with Crippen LogP contribution in [-0.4, -0.2) is 28.8 Å². The van der Waals surface area contributed by atoms with Crippen molar-refractivity contribution in [1.82, 2.24) is 10.1 Å². The van der Waals surface area contributed by atoms with E-state index in [0.717, 1.165) is 12.6 Å². The smallest absolute Gasteiger partial charge is 0.266 e. The van der Waals surface area contributed by atoms with Gasteiger partial charge in [-0.15, -0.1) is 0 Å². The molecule has 5 nitrogen and oxygen atoms in total. The maximum Gasteiger partial charge on any atom is 0.266 e. The number of hydrogen-bond acceptors (Lipinski definition) is 5. The number of hydrogen-bond donors (Lipinski definition) is 1. The lowest BCUT2D eigenvalue weighted by Gasteiger charge is -2.08. The van der Waals surface area contributed by atoms with Gasteiger partial charge in [0.2, 0.25) is 0 Å². The summed E-state index contributed by atoms with van der Waals surface area (Å²) in [7, 11) is 1.81. The van der Waals surface area contributed by atoms with Crippen molar-refractivity contribution >= 4 is 5.95 Å². The molecule has 1 aromatic heterocycles. The van der Waals surface area contributed by atoms with Crippen molar-refractivity contribution < 1.29 is 14.0 Å². The summed E-state index contributed by atoms with van der Waals surface area (Å²) in [5.41, 5.74) is 0.172. The highest BCUT2D eigenvalue weighted by Gasteiger charge is 2.15. The fourth-order valence-corrected chi connectivity index (χ4v) is 1.30. The second-order valence-electron chi connectivity index (χ2n) is 3.58. The zero-order valence-corrected chi connectivity index (χ0v) is 9.51. The monoisotopic (exact) mass is 237 g/mol.